The standard InChI is InChI=1S/C32H19NO3/c33-31(34)25-15-13-19(27-21-5-1-3-7-23(21)29(25)27)17-9-11-18(12-10-17)20-14-16-26(32(35)36)30-24-8-4-2-6-22(24)28(20)30/h1-16H,(H2,33,34)(H,35,36). The van der Waals surface area contributed by atoms with Crippen molar-refractivity contribution in [3.05, 3.63) is 108 Å². The Morgan fingerprint density at radius 3 is 1.28 bits per heavy atom. The number of benzene rings is 5. The van der Waals surface area contributed by atoms with E-state index < -0.39 is 11.9 Å². The van der Waals surface area contributed by atoms with Crippen molar-refractivity contribution in [2.45, 2.75) is 0 Å². The number of nitrogens with two attached hydrogens (primary N) is 1. The summed E-state index contributed by atoms with van der Waals surface area (Å²) in [6, 6.07) is 31.7. The van der Waals surface area contributed by atoms with E-state index >= 15 is 0 Å². The summed E-state index contributed by atoms with van der Waals surface area (Å²) in [5, 5.41) is 9.72. The lowest BCUT2D eigenvalue weighted by atomic mass is 9.73. The molecule has 0 fully saturated rings. The number of carboxylic acid groups (broad SMARTS) is 1. The van der Waals surface area contributed by atoms with Crippen LogP contribution in [0.15, 0.2) is 97.1 Å². The third-order valence-corrected chi connectivity index (χ3v) is 7.34. The fourth-order valence-electron chi connectivity index (χ4n) is 5.73. The number of amides is 1. The largest absolute Gasteiger partial charge is 0.478 e. The van der Waals surface area contributed by atoms with Gasteiger partial charge in [-0.1, -0.05) is 84.9 Å². The van der Waals surface area contributed by atoms with Crippen LogP contribution < -0.4 is 5.73 Å². The fourth-order valence-corrected chi connectivity index (χ4v) is 5.73. The maximum atomic E-state index is 12.1. The minimum atomic E-state index is -0.917. The smallest absolute Gasteiger partial charge is 0.336 e. The minimum Gasteiger partial charge on any atom is -0.478 e. The molecule has 4 heteroatoms. The molecule has 0 radical (unpaired) electrons. The van der Waals surface area contributed by atoms with Crippen LogP contribution in [0.25, 0.3) is 66.8 Å². The van der Waals surface area contributed by atoms with Crippen LogP contribution in [-0.2, 0) is 0 Å². The van der Waals surface area contributed by atoms with Gasteiger partial charge < -0.3 is 10.8 Å². The average Bonchev–Trinajstić information content (AvgIpc) is 2.88. The van der Waals surface area contributed by atoms with Crippen molar-refractivity contribution in [1.29, 1.82) is 0 Å². The molecule has 4 nitrogen and oxygen atoms in total. The van der Waals surface area contributed by atoms with Gasteiger partial charge in [0.15, 0.2) is 0 Å². The Kier molecular flexibility index (Phi) is 4.12. The predicted octanol–water partition coefficient (Wildman–Crippen LogP) is 7.11. The number of carboxylic acids is 1. The van der Waals surface area contributed by atoms with Gasteiger partial charge in [-0.3, -0.25) is 4.79 Å². The van der Waals surface area contributed by atoms with Gasteiger partial charge in [0.2, 0.25) is 5.91 Å². The molecule has 1 amide bonds. The summed E-state index contributed by atoms with van der Waals surface area (Å²) >= 11 is 0. The molecule has 0 saturated carbocycles. The number of carbonyl (C=O) groups is 2. The summed E-state index contributed by atoms with van der Waals surface area (Å²) in [5.41, 5.74) is 18.7. The van der Waals surface area contributed by atoms with Gasteiger partial charge >= 0.3 is 5.97 Å². The summed E-state index contributed by atoms with van der Waals surface area (Å²) < 4.78 is 0. The molecule has 7 rings (SSSR count). The van der Waals surface area contributed by atoms with Crippen molar-refractivity contribution < 1.29 is 14.7 Å². The SMILES string of the molecule is NC(=O)c1ccc(-c2ccc(-c3ccc(C(=O)O)c4c3-c3ccccc3-4)cc2)c2c1-c1ccccc1-2. The normalized spacial score (nSPS) is 11.8. The van der Waals surface area contributed by atoms with Crippen molar-refractivity contribution in [3.8, 4) is 66.8 Å². The summed E-state index contributed by atoms with van der Waals surface area (Å²) in [6.45, 7) is 0. The van der Waals surface area contributed by atoms with Gasteiger partial charge in [-0.2, -0.15) is 0 Å². The lowest BCUT2D eigenvalue weighted by molar-refractivity contribution is 0.0697. The van der Waals surface area contributed by atoms with Crippen LogP contribution in [0.2, 0.25) is 0 Å². The molecule has 170 valence electrons. The number of aromatic carboxylic acids is 1. The highest BCUT2D eigenvalue weighted by atomic mass is 16.4. The second-order valence-corrected chi connectivity index (χ2v) is 9.16. The zero-order valence-electron chi connectivity index (χ0n) is 19.1. The Labute approximate surface area is 207 Å². The number of primary amides is 1. The first-order chi connectivity index (χ1) is 17.5. The van der Waals surface area contributed by atoms with Crippen molar-refractivity contribution in [3.63, 3.8) is 0 Å². The highest BCUT2D eigenvalue weighted by Crippen LogP contribution is 2.55. The summed E-state index contributed by atoms with van der Waals surface area (Å²) in [6.07, 6.45) is 0. The lowest BCUT2D eigenvalue weighted by Crippen LogP contribution is -2.16. The molecule has 0 saturated heterocycles. The molecule has 0 unspecified atom stereocenters. The van der Waals surface area contributed by atoms with E-state index in [1.807, 2.05) is 60.7 Å². The van der Waals surface area contributed by atoms with E-state index in [4.69, 9.17) is 5.73 Å². The van der Waals surface area contributed by atoms with Crippen LogP contribution in [-0.4, -0.2) is 17.0 Å². The van der Waals surface area contributed by atoms with E-state index in [1.165, 1.54) is 0 Å². The van der Waals surface area contributed by atoms with E-state index in [0.29, 0.717) is 11.1 Å². The number of carbonyl (C=O) groups excluding carboxylic acids is 1. The van der Waals surface area contributed by atoms with Crippen LogP contribution in [0.4, 0.5) is 0 Å². The topological polar surface area (TPSA) is 80.4 Å². The molecule has 0 spiro atoms. The highest BCUT2D eigenvalue weighted by molar-refractivity contribution is 6.17. The Morgan fingerprint density at radius 2 is 0.861 bits per heavy atom. The molecule has 36 heavy (non-hydrogen) atoms. The first-order valence-electron chi connectivity index (χ1n) is 11.7. The van der Waals surface area contributed by atoms with Gasteiger partial charge in [0.05, 0.1) is 5.56 Å². The maximum absolute atomic E-state index is 12.1. The second kappa shape index (κ2) is 7.27. The first-order valence-corrected chi connectivity index (χ1v) is 11.7. The number of fused-ring (bicyclic) bond motifs is 8. The molecular formula is C32H19NO3. The van der Waals surface area contributed by atoms with E-state index in [1.54, 1.807) is 6.07 Å². The van der Waals surface area contributed by atoms with Crippen molar-refractivity contribution in [2.24, 2.45) is 5.73 Å². The van der Waals surface area contributed by atoms with Crippen LogP contribution in [0, 0.1) is 0 Å². The predicted molar refractivity (Wildman–Crippen MR) is 142 cm³/mol. The van der Waals surface area contributed by atoms with E-state index in [9.17, 15) is 14.7 Å². The Bertz CT molecular complexity index is 1650. The number of hydrogen-bond donors (Lipinski definition) is 2. The van der Waals surface area contributed by atoms with Crippen LogP contribution in [0.3, 0.4) is 0 Å². The molecular weight excluding hydrogens is 446 g/mol. The molecule has 0 aliphatic heterocycles. The molecule has 3 N–H and O–H groups in total. The van der Waals surface area contributed by atoms with Crippen LogP contribution >= 0.6 is 0 Å². The summed E-state index contributed by atoms with van der Waals surface area (Å²) in [7, 11) is 0. The minimum absolute atomic E-state index is 0.330. The first kappa shape index (κ1) is 20.4. The molecule has 5 aromatic carbocycles. The highest BCUT2D eigenvalue weighted by Gasteiger charge is 2.31. The third kappa shape index (κ3) is 2.64. The summed E-state index contributed by atoms with van der Waals surface area (Å²) in [5.74, 6) is -1.34. The summed E-state index contributed by atoms with van der Waals surface area (Å²) in [4.78, 5) is 23.9. The number of rotatable bonds is 4. The molecule has 0 atom stereocenters. The molecule has 2 aliphatic rings. The molecule has 5 aromatic rings. The maximum Gasteiger partial charge on any atom is 0.336 e. The zero-order valence-corrected chi connectivity index (χ0v) is 19.1. The molecule has 0 heterocycles. The fraction of sp³-hybridized carbons (Fsp3) is 0. The van der Waals surface area contributed by atoms with Crippen molar-refractivity contribution in [1.82, 2.24) is 0 Å². The van der Waals surface area contributed by atoms with E-state index in [-0.39, 0.29) is 0 Å². The van der Waals surface area contributed by atoms with Crippen LogP contribution in [0.1, 0.15) is 20.7 Å². The van der Waals surface area contributed by atoms with Crippen LogP contribution in [0.5, 0.6) is 0 Å². The van der Waals surface area contributed by atoms with Crippen molar-refractivity contribution in [2.75, 3.05) is 0 Å². The van der Waals surface area contributed by atoms with Gasteiger partial charge in [0, 0.05) is 16.7 Å². The van der Waals surface area contributed by atoms with Gasteiger partial charge in [-0.05, 0) is 67.8 Å². The third-order valence-electron chi connectivity index (χ3n) is 7.34. The van der Waals surface area contributed by atoms with E-state index in [0.717, 1.165) is 66.8 Å². The average molecular weight is 466 g/mol. The molecule has 0 bridgehead atoms. The molecule has 0 aromatic heterocycles. The van der Waals surface area contributed by atoms with Crippen molar-refractivity contribution >= 4 is 11.9 Å². The van der Waals surface area contributed by atoms with E-state index in [2.05, 4.69) is 30.3 Å². The Balaban J connectivity index is 1.34. The Hall–Kier alpha value is -4.96. The van der Waals surface area contributed by atoms with Gasteiger partial charge in [-0.25, -0.2) is 4.79 Å². The molecule has 2 aliphatic carbocycles. The monoisotopic (exact) mass is 465 g/mol. The zero-order chi connectivity index (χ0) is 24.6. The second-order valence-electron chi connectivity index (χ2n) is 9.16. The van der Waals surface area contributed by atoms with Gasteiger partial charge in [0.1, 0.15) is 0 Å². The number of hydrogen-bond acceptors (Lipinski definition) is 2. The lowest BCUT2D eigenvalue weighted by Gasteiger charge is -2.29. The quantitative estimate of drug-likeness (QED) is 0.291. The Morgan fingerprint density at radius 1 is 0.472 bits per heavy atom. The van der Waals surface area contributed by atoms with Gasteiger partial charge in [0.25, 0.3) is 0 Å². The van der Waals surface area contributed by atoms with Gasteiger partial charge in [-0.15, -0.1) is 0 Å².